The second-order valence-corrected chi connectivity index (χ2v) is 13.3. The molecular weight excluding hydrogens is 675 g/mol. The number of nitrogens with one attached hydrogen (secondary N) is 1. The highest BCUT2D eigenvalue weighted by atomic mass is 32.2. The van der Waals surface area contributed by atoms with Crippen molar-refractivity contribution in [1.82, 2.24) is 15.4 Å². The number of benzene rings is 3. The molecule has 2 aliphatic heterocycles. The minimum atomic E-state index is -4.75. The Balaban J connectivity index is 1.47. The van der Waals surface area contributed by atoms with Crippen LogP contribution in [0.3, 0.4) is 0 Å². The van der Waals surface area contributed by atoms with Crippen LogP contribution in [0.15, 0.2) is 83.9 Å². The monoisotopic (exact) mass is 707 g/mol. The fourth-order valence-corrected chi connectivity index (χ4v) is 7.97. The summed E-state index contributed by atoms with van der Waals surface area (Å²) < 4.78 is 46.4. The highest BCUT2D eigenvalue weighted by Gasteiger charge is 2.62. The van der Waals surface area contributed by atoms with Gasteiger partial charge in [0.15, 0.2) is 5.41 Å². The predicted molar refractivity (Wildman–Crippen MR) is 185 cm³/mol. The van der Waals surface area contributed by atoms with Crippen LogP contribution in [-0.4, -0.2) is 77.2 Å². The van der Waals surface area contributed by atoms with Gasteiger partial charge < -0.3 is 19.1 Å². The summed E-state index contributed by atoms with van der Waals surface area (Å²) >= 11 is 0. The van der Waals surface area contributed by atoms with E-state index in [9.17, 15) is 18.5 Å². The molecule has 3 aromatic carbocycles. The third kappa shape index (κ3) is 5.92. The number of piperazine rings is 1. The van der Waals surface area contributed by atoms with Gasteiger partial charge in [-0.2, -0.15) is 10.5 Å². The number of nitrogens with zero attached hydrogens (tertiary/aromatic N) is 6. The number of hydrogen-bond acceptors (Lipinski definition) is 12. The first-order valence-corrected chi connectivity index (χ1v) is 17.3. The zero-order valence-electron chi connectivity index (χ0n) is 28.0. The largest absolute Gasteiger partial charge is 0.497 e. The van der Waals surface area contributed by atoms with Gasteiger partial charge in [-0.25, -0.2) is 22.7 Å². The van der Waals surface area contributed by atoms with Gasteiger partial charge >= 0.3 is 0 Å². The van der Waals surface area contributed by atoms with E-state index in [1.54, 1.807) is 48.3 Å². The highest BCUT2D eigenvalue weighted by molar-refractivity contribution is 7.93. The molecule has 0 spiro atoms. The van der Waals surface area contributed by atoms with E-state index in [4.69, 9.17) is 19.5 Å². The van der Waals surface area contributed by atoms with E-state index in [0.717, 1.165) is 0 Å². The average molecular weight is 708 g/mol. The predicted octanol–water partition coefficient (Wildman–Crippen LogP) is 3.12. The first-order valence-electron chi connectivity index (χ1n) is 15.9. The lowest BCUT2D eigenvalue weighted by Gasteiger charge is -2.37. The van der Waals surface area contributed by atoms with Crippen LogP contribution >= 0.6 is 0 Å². The third-order valence-electron chi connectivity index (χ3n) is 8.81. The number of hydrazine groups is 1. The molecule has 2 aliphatic rings. The molecule has 1 N–H and O–H groups in total. The summed E-state index contributed by atoms with van der Waals surface area (Å²) in [5.41, 5.74) is 1.12. The number of pyridine rings is 1. The van der Waals surface area contributed by atoms with Gasteiger partial charge in [-0.15, -0.1) is 0 Å². The summed E-state index contributed by atoms with van der Waals surface area (Å²) in [7, 11) is -2.04. The Hall–Kier alpha value is -6.16. The van der Waals surface area contributed by atoms with Gasteiger partial charge in [0.2, 0.25) is 0 Å². The van der Waals surface area contributed by atoms with Crippen LogP contribution in [-0.2, 0) is 25.0 Å². The van der Waals surface area contributed by atoms with Gasteiger partial charge in [-0.3, -0.25) is 15.0 Å². The molecule has 51 heavy (non-hydrogen) atoms. The number of anilines is 2. The highest BCUT2D eigenvalue weighted by Crippen LogP contribution is 2.51. The molecule has 1 saturated heterocycles. The SMILES string of the molecule is CCOc1ccccc1C1(C(=O)NN2CCN(c3ccc(C#N)cn3)CC2)C(=O)N(S(=O)(=O)c2ccc(OC)cc2OC)c2ccc(C#N)cc21. The Morgan fingerprint density at radius 1 is 0.902 bits per heavy atom. The minimum Gasteiger partial charge on any atom is -0.497 e. The van der Waals surface area contributed by atoms with Gasteiger partial charge in [0.05, 0.1) is 43.7 Å². The van der Waals surface area contributed by atoms with E-state index >= 15 is 4.79 Å². The lowest BCUT2D eigenvalue weighted by atomic mass is 9.73. The van der Waals surface area contributed by atoms with Crippen molar-refractivity contribution in [1.29, 1.82) is 10.5 Å². The quantitative estimate of drug-likeness (QED) is 0.239. The molecule has 0 radical (unpaired) electrons. The summed E-state index contributed by atoms with van der Waals surface area (Å²) in [6.45, 7) is 3.47. The Bertz CT molecular complexity index is 2190. The molecule has 1 atom stereocenters. The Morgan fingerprint density at radius 3 is 2.27 bits per heavy atom. The van der Waals surface area contributed by atoms with Crippen LogP contribution in [0.1, 0.15) is 29.2 Å². The number of hydrogen-bond donors (Lipinski definition) is 1. The van der Waals surface area contributed by atoms with Crippen molar-refractivity contribution in [3.63, 3.8) is 0 Å². The number of para-hydroxylation sites is 1. The molecule has 0 bridgehead atoms. The van der Waals surface area contributed by atoms with Crippen molar-refractivity contribution in [2.75, 3.05) is 56.2 Å². The summed E-state index contributed by atoms with van der Waals surface area (Å²) in [6, 6.07) is 22.1. The van der Waals surface area contributed by atoms with E-state index in [1.165, 1.54) is 56.8 Å². The van der Waals surface area contributed by atoms with E-state index < -0.39 is 27.3 Å². The summed E-state index contributed by atoms with van der Waals surface area (Å²) in [4.78, 5) is 36.2. The molecule has 1 unspecified atom stereocenters. The molecule has 1 aromatic heterocycles. The van der Waals surface area contributed by atoms with Crippen LogP contribution < -0.4 is 28.8 Å². The van der Waals surface area contributed by atoms with E-state index in [0.29, 0.717) is 47.6 Å². The van der Waals surface area contributed by atoms with Gasteiger partial charge in [0.25, 0.3) is 21.8 Å². The van der Waals surface area contributed by atoms with E-state index in [-0.39, 0.29) is 45.4 Å². The molecule has 1 fully saturated rings. The third-order valence-corrected chi connectivity index (χ3v) is 10.6. The van der Waals surface area contributed by atoms with Crippen LogP contribution in [0.5, 0.6) is 17.2 Å². The molecule has 2 amide bonds. The lowest BCUT2D eigenvalue weighted by molar-refractivity contribution is -0.136. The number of carbonyl (C=O) groups excluding carboxylic acids is 2. The summed E-state index contributed by atoms with van der Waals surface area (Å²) in [5.74, 6) is -0.817. The fourth-order valence-electron chi connectivity index (χ4n) is 6.36. The Kier molecular flexibility index (Phi) is 9.52. The number of sulfonamides is 1. The van der Waals surface area contributed by atoms with Gasteiger partial charge in [-0.05, 0) is 55.5 Å². The smallest absolute Gasteiger partial charge is 0.274 e. The minimum absolute atomic E-state index is 0.00678. The van der Waals surface area contributed by atoms with Gasteiger partial charge in [0, 0.05) is 49.6 Å². The molecule has 14 nitrogen and oxygen atoms in total. The van der Waals surface area contributed by atoms with Crippen molar-refractivity contribution < 1.29 is 32.2 Å². The van der Waals surface area contributed by atoms with E-state index in [1.807, 2.05) is 17.0 Å². The molecular formula is C36H33N7O7S. The van der Waals surface area contributed by atoms with Crippen molar-refractivity contribution in [3.05, 3.63) is 101 Å². The first-order chi connectivity index (χ1) is 24.6. The maximum absolute atomic E-state index is 15.2. The summed E-state index contributed by atoms with van der Waals surface area (Å²) in [6.07, 6.45) is 1.49. The summed E-state index contributed by atoms with van der Waals surface area (Å²) in [5, 5.41) is 20.7. The normalized spacial score (nSPS) is 17.2. The van der Waals surface area contributed by atoms with Crippen LogP contribution in [0.4, 0.5) is 11.5 Å². The molecule has 4 aromatic rings. The van der Waals surface area contributed by atoms with Gasteiger partial charge in [-0.1, -0.05) is 18.2 Å². The number of aromatic nitrogens is 1. The zero-order chi connectivity index (χ0) is 36.3. The zero-order valence-corrected chi connectivity index (χ0v) is 28.8. The van der Waals surface area contributed by atoms with Crippen LogP contribution in [0.2, 0.25) is 0 Å². The number of carbonyl (C=O) groups is 2. The number of amides is 2. The second-order valence-electron chi connectivity index (χ2n) is 11.5. The van der Waals surface area contributed by atoms with Crippen LogP contribution in [0, 0.1) is 22.7 Å². The second kappa shape index (κ2) is 14.0. The first kappa shape index (κ1) is 34.7. The number of rotatable bonds is 10. The number of ether oxygens (including phenoxy) is 3. The molecule has 260 valence electrons. The Labute approximate surface area is 295 Å². The maximum atomic E-state index is 15.2. The Morgan fingerprint density at radius 2 is 1.63 bits per heavy atom. The van der Waals surface area contributed by atoms with Crippen molar-refractivity contribution in [3.8, 4) is 29.4 Å². The van der Waals surface area contributed by atoms with Crippen molar-refractivity contribution in [2.45, 2.75) is 17.2 Å². The van der Waals surface area contributed by atoms with Gasteiger partial charge in [0.1, 0.15) is 34.0 Å². The van der Waals surface area contributed by atoms with Crippen molar-refractivity contribution >= 4 is 33.3 Å². The average Bonchev–Trinajstić information content (AvgIpc) is 3.43. The lowest BCUT2D eigenvalue weighted by Crippen LogP contribution is -2.60. The van der Waals surface area contributed by atoms with Crippen molar-refractivity contribution in [2.24, 2.45) is 0 Å². The number of fused-ring (bicyclic) bond motifs is 1. The maximum Gasteiger partial charge on any atom is 0.274 e. The molecule has 0 aliphatic carbocycles. The standard InChI is InChI=1S/C36H33N7O7S/c1-4-50-30-8-6-5-7-27(30)36(34(44)40-42-17-15-41(16-18-42)33-14-10-25(22-38)23-39-33)28-19-24(21-37)9-12-29(28)43(35(36)45)51(46,47)32-13-11-26(48-2)20-31(32)49-3/h5-14,19-20,23H,4,15-18H2,1-3H3,(H,40,44). The number of nitriles is 2. The molecule has 3 heterocycles. The molecule has 0 saturated carbocycles. The topological polar surface area (TPSA) is 178 Å². The van der Waals surface area contributed by atoms with Crippen LogP contribution in [0.25, 0.3) is 0 Å². The molecule has 15 heteroatoms. The van der Waals surface area contributed by atoms with E-state index in [2.05, 4.69) is 10.4 Å². The molecule has 6 rings (SSSR count). The number of methoxy groups -OCH3 is 2. The fraction of sp³-hybridized carbons (Fsp3) is 0.250.